The van der Waals surface area contributed by atoms with Crippen molar-refractivity contribution in [3.63, 3.8) is 0 Å². The summed E-state index contributed by atoms with van der Waals surface area (Å²) >= 11 is 0. The van der Waals surface area contributed by atoms with Gasteiger partial charge in [-0.3, -0.25) is 0 Å². The van der Waals surface area contributed by atoms with Gasteiger partial charge >= 0.3 is 7.12 Å². The number of rotatable bonds is 1. The molecule has 0 amide bonds. The smallest absolute Gasteiger partial charge is 0.446 e. The van der Waals surface area contributed by atoms with Gasteiger partial charge in [-0.25, -0.2) is 8.78 Å². The van der Waals surface area contributed by atoms with E-state index in [0.29, 0.717) is 0 Å². The molecular formula is C9H11BF2O3Si. The third-order valence-corrected chi connectivity index (χ3v) is 5.30. The van der Waals surface area contributed by atoms with Gasteiger partial charge in [0.15, 0.2) is 0 Å². The van der Waals surface area contributed by atoms with Crippen LogP contribution in [0.1, 0.15) is 5.56 Å². The topological polar surface area (TPSA) is 49.7 Å². The van der Waals surface area contributed by atoms with Gasteiger partial charge in [0, 0.05) is 10.8 Å². The first kappa shape index (κ1) is 11.7. The van der Waals surface area contributed by atoms with Crippen LogP contribution in [0.25, 0.3) is 0 Å². The molecule has 0 radical (unpaired) electrons. The molecule has 0 aliphatic carbocycles. The molecule has 0 atom stereocenters. The van der Waals surface area contributed by atoms with Crippen molar-refractivity contribution in [2.45, 2.75) is 19.7 Å². The maximum atomic E-state index is 13.9. The first-order valence-corrected chi connectivity index (χ1v) is 7.77. The molecule has 7 heteroatoms. The van der Waals surface area contributed by atoms with E-state index in [2.05, 4.69) is 0 Å². The fourth-order valence-corrected chi connectivity index (χ4v) is 4.40. The maximum Gasteiger partial charge on any atom is 0.480 e. The van der Waals surface area contributed by atoms with Crippen LogP contribution in [0.5, 0.6) is 0 Å². The van der Waals surface area contributed by atoms with Crippen LogP contribution >= 0.6 is 0 Å². The summed E-state index contributed by atoms with van der Waals surface area (Å²) in [6, 6.07) is 1.04. The van der Waals surface area contributed by atoms with E-state index in [0.717, 1.165) is 6.07 Å². The highest BCUT2D eigenvalue weighted by molar-refractivity contribution is 6.97. The average Bonchev–Trinajstić information content (AvgIpc) is 2.37. The van der Waals surface area contributed by atoms with Gasteiger partial charge in [-0.1, -0.05) is 0 Å². The second kappa shape index (κ2) is 3.63. The van der Waals surface area contributed by atoms with Gasteiger partial charge in [-0.15, -0.1) is 0 Å². The molecule has 2 N–H and O–H groups in total. The van der Waals surface area contributed by atoms with Gasteiger partial charge in [0.1, 0.15) is 11.6 Å². The van der Waals surface area contributed by atoms with Crippen molar-refractivity contribution in [2.75, 3.05) is 0 Å². The molecular weight excluding hydrogens is 233 g/mol. The summed E-state index contributed by atoms with van der Waals surface area (Å²) in [6.07, 6.45) is 0. The minimum absolute atomic E-state index is 0.142. The zero-order valence-corrected chi connectivity index (χ0v) is 9.92. The first-order valence-electron chi connectivity index (χ1n) is 4.86. The van der Waals surface area contributed by atoms with Crippen molar-refractivity contribution in [1.82, 2.24) is 0 Å². The molecule has 1 aromatic carbocycles. The average molecular weight is 244 g/mol. The molecule has 16 heavy (non-hydrogen) atoms. The fourth-order valence-electron chi connectivity index (χ4n) is 2.03. The molecule has 0 bridgehead atoms. The molecule has 2 rings (SSSR count). The van der Waals surface area contributed by atoms with Gasteiger partial charge in [0.05, 0.1) is 6.61 Å². The highest BCUT2D eigenvalue weighted by Gasteiger charge is 2.46. The van der Waals surface area contributed by atoms with E-state index in [1.54, 1.807) is 13.1 Å². The molecule has 0 unspecified atom stereocenters. The van der Waals surface area contributed by atoms with Crippen molar-refractivity contribution in [3.05, 3.63) is 23.3 Å². The summed E-state index contributed by atoms with van der Waals surface area (Å²) in [5, 5.41) is 18.7. The maximum absolute atomic E-state index is 13.9. The molecule has 1 aromatic rings. The van der Waals surface area contributed by atoms with E-state index in [9.17, 15) is 13.8 Å². The Morgan fingerprint density at radius 2 is 2.06 bits per heavy atom. The van der Waals surface area contributed by atoms with Crippen molar-refractivity contribution >= 4 is 26.1 Å². The zero-order chi connectivity index (χ0) is 12.1. The molecule has 1 aliphatic heterocycles. The van der Waals surface area contributed by atoms with Crippen LogP contribution in [-0.4, -0.2) is 25.6 Å². The van der Waals surface area contributed by atoms with E-state index < -0.39 is 33.7 Å². The van der Waals surface area contributed by atoms with E-state index in [1.165, 1.54) is 0 Å². The standard InChI is InChI=1S/C9H11BF2O3Si/c1-16(2)9-6(10(14)15-16)3-7(11)5(4-13)8(9)12/h3,13-14H,4H2,1-2H3. The summed E-state index contributed by atoms with van der Waals surface area (Å²) in [7, 11) is -3.81. The van der Waals surface area contributed by atoms with Crippen LogP contribution < -0.4 is 10.6 Å². The van der Waals surface area contributed by atoms with E-state index in [1.807, 2.05) is 0 Å². The number of hydrogen-bond donors (Lipinski definition) is 2. The van der Waals surface area contributed by atoms with Crippen LogP contribution in [0, 0.1) is 11.6 Å². The predicted octanol–water partition coefficient (Wildman–Crippen LogP) is -0.413. The molecule has 1 aliphatic rings. The Labute approximate surface area is 93.0 Å². The number of fused-ring (bicyclic) bond motifs is 1. The van der Waals surface area contributed by atoms with Gasteiger partial charge in [0.2, 0.25) is 8.32 Å². The van der Waals surface area contributed by atoms with E-state index >= 15 is 0 Å². The van der Waals surface area contributed by atoms with Gasteiger partial charge in [0.25, 0.3) is 0 Å². The van der Waals surface area contributed by atoms with Crippen molar-refractivity contribution in [2.24, 2.45) is 0 Å². The lowest BCUT2D eigenvalue weighted by Gasteiger charge is -2.18. The molecule has 0 spiro atoms. The Morgan fingerprint density at radius 1 is 1.44 bits per heavy atom. The monoisotopic (exact) mass is 244 g/mol. The number of halogens is 2. The third kappa shape index (κ3) is 1.51. The van der Waals surface area contributed by atoms with E-state index in [4.69, 9.17) is 9.45 Å². The Hall–Kier alpha value is -0.758. The zero-order valence-electron chi connectivity index (χ0n) is 8.92. The normalized spacial score (nSPS) is 17.8. The van der Waals surface area contributed by atoms with Crippen LogP contribution in [-0.2, 0) is 11.0 Å². The fraction of sp³-hybridized carbons (Fsp3) is 0.333. The van der Waals surface area contributed by atoms with Crippen LogP contribution in [0.2, 0.25) is 13.1 Å². The summed E-state index contributed by atoms with van der Waals surface area (Å²) in [5.41, 5.74) is -0.221. The number of aliphatic hydroxyl groups is 1. The molecule has 86 valence electrons. The van der Waals surface area contributed by atoms with Crippen molar-refractivity contribution < 1.29 is 23.3 Å². The summed E-state index contributed by atoms with van der Waals surface area (Å²) in [5.74, 6) is -1.64. The second-order valence-corrected chi connectivity index (χ2v) is 8.01. The lowest BCUT2D eigenvalue weighted by atomic mass is 9.79. The number of hydrogen-bond acceptors (Lipinski definition) is 3. The Kier molecular flexibility index (Phi) is 2.66. The Bertz CT molecular complexity index is 453. The quantitative estimate of drug-likeness (QED) is 0.660. The molecule has 3 nitrogen and oxygen atoms in total. The summed E-state index contributed by atoms with van der Waals surface area (Å²) in [6.45, 7) is 2.72. The first-order chi connectivity index (χ1) is 7.38. The molecule has 1 heterocycles. The van der Waals surface area contributed by atoms with Crippen molar-refractivity contribution in [1.29, 1.82) is 0 Å². The Morgan fingerprint density at radius 3 is 2.62 bits per heavy atom. The minimum atomic E-state index is -2.54. The van der Waals surface area contributed by atoms with Crippen LogP contribution in [0.15, 0.2) is 6.07 Å². The van der Waals surface area contributed by atoms with Gasteiger partial charge in [-0.2, -0.15) is 0 Å². The molecule has 0 fully saturated rings. The number of benzene rings is 1. The van der Waals surface area contributed by atoms with Crippen LogP contribution in [0.3, 0.4) is 0 Å². The lowest BCUT2D eigenvalue weighted by molar-refractivity contribution is 0.269. The predicted molar refractivity (Wildman–Crippen MR) is 58.1 cm³/mol. The third-order valence-electron chi connectivity index (χ3n) is 2.78. The second-order valence-electron chi connectivity index (χ2n) is 4.25. The number of aliphatic hydroxyl groups excluding tert-OH is 1. The highest BCUT2D eigenvalue weighted by atomic mass is 28.4. The molecule has 0 saturated heterocycles. The largest absolute Gasteiger partial charge is 0.480 e. The van der Waals surface area contributed by atoms with Crippen molar-refractivity contribution in [3.8, 4) is 0 Å². The minimum Gasteiger partial charge on any atom is -0.446 e. The summed E-state index contributed by atoms with van der Waals surface area (Å²) in [4.78, 5) is 0. The summed E-state index contributed by atoms with van der Waals surface area (Å²) < 4.78 is 32.6. The van der Waals surface area contributed by atoms with Crippen LogP contribution in [0.4, 0.5) is 8.78 Å². The van der Waals surface area contributed by atoms with Gasteiger partial charge in [-0.05, 0) is 24.6 Å². The lowest BCUT2D eigenvalue weighted by Crippen LogP contribution is -2.46. The molecule has 0 aromatic heterocycles. The molecule has 0 saturated carbocycles. The Balaban J connectivity index is 2.73. The SMILES string of the molecule is C[Si]1(C)OB(O)c2cc(F)c(CO)c(F)c21. The van der Waals surface area contributed by atoms with E-state index in [-0.39, 0.29) is 16.2 Å². The highest BCUT2D eigenvalue weighted by Crippen LogP contribution is 2.19. The van der Waals surface area contributed by atoms with Gasteiger partial charge < -0.3 is 14.5 Å².